The Bertz CT molecular complexity index is 971. The molecule has 0 radical (unpaired) electrons. The van der Waals surface area contributed by atoms with Crippen molar-refractivity contribution in [3.63, 3.8) is 0 Å². The third-order valence-electron chi connectivity index (χ3n) is 4.26. The molecule has 0 unspecified atom stereocenters. The molecule has 2 heterocycles. The molecule has 136 valence electrons. The minimum Gasteiger partial charge on any atom is -0.336 e. The van der Waals surface area contributed by atoms with Crippen LogP contribution in [0.15, 0.2) is 60.0 Å². The average Bonchev–Trinajstić information content (AvgIpc) is 3.32. The monoisotopic (exact) mass is 378 g/mol. The van der Waals surface area contributed by atoms with Crippen LogP contribution in [0.2, 0.25) is 0 Å². The van der Waals surface area contributed by atoms with Gasteiger partial charge in [0.1, 0.15) is 5.69 Å². The molecule has 1 fully saturated rings. The van der Waals surface area contributed by atoms with Crippen molar-refractivity contribution in [3.05, 3.63) is 76.2 Å². The van der Waals surface area contributed by atoms with Crippen LogP contribution in [-0.2, 0) is 6.42 Å². The molecular formula is C20H18N4O2S. The lowest BCUT2D eigenvalue weighted by atomic mass is 10.2. The number of amides is 3. The quantitative estimate of drug-likeness (QED) is 0.713. The van der Waals surface area contributed by atoms with E-state index in [0.717, 1.165) is 16.3 Å². The van der Waals surface area contributed by atoms with E-state index in [9.17, 15) is 9.59 Å². The van der Waals surface area contributed by atoms with E-state index in [2.05, 4.69) is 15.6 Å². The maximum atomic E-state index is 12.5. The van der Waals surface area contributed by atoms with Crippen molar-refractivity contribution in [2.24, 2.45) is 0 Å². The molecule has 0 saturated carbocycles. The second kappa shape index (κ2) is 7.59. The zero-order valence-corrected chi connectivity index (χ0v) is 15.3. The largest absolute Gasteiger partial charge is 0.336 e. The minimum absolute atomic E-state index is 0.122. The van der Waals surface area contributed by atoms with Gasteiger partial charge in [-0.1, -0.05) is 36.4 Å². The Hall–Kier alpha value is -3.19. The number of urea groups is 1. The van der Waals surface area contributed by atoms with Gasteiger partial charge in [-0.2, -0.15) is 0 Å². The van der Waals surface area contributed by atoms with E-state index in [1.54, 1.807) is 22.4 Å². The number of carbonyl (C=O) groups excluding carboxylic acids is 2. The molecular weight excluding hydrogens is 360 g/mol. The predicted molar refractivity (Wildman–Crippen MR) is 107 cm³/mol. The summed E-state index contributed by atoms with van der Waals surface area (Å²) in [7, 11) is 0. The van der Waals surface area contributed by atoms with Gasteiger partial charge in [-0.3, -0.25) is 9.69 Å². The van der Waals surface area contributed by atoms with Gasteiger partial charge in [0, 0.05) is 36.3 Å². The first-order valence-electron chi connectivity index (χ1n) is 8.64. The third kappa shape index (κ3) is 3.98. The Labute approximate surface area is 160 Å². The van der Waals surface area contributed by atoms with Gasteiger partial charge >= 0.3 is 6.03 Å². The lowest BCUT2D eigenvalue weighted by Crippen LogP contribution is -2.27. The lowest BCUT2D eigenvalue weighted by Gasteiger charge is -2.15. The van der Waals surface area contributed by atoms with Crippen molar-refractivity contribution in [2.45, 2.75) is 6.42 Å². The smallest absolute Gasteiger partial charge is 0.321 e. The number of thiazole rings is 1. The molecule has 1 aliphatic heterocycles. The van der Waals surface area contributed by atoms with Crippen LogP contribution in [0.5, 0.6) is 0 Å². The summed E-state index contributed by atoms with van der Waals surface area (Å²) in [6.07, 6.45) is 0.707. The van der Waals surface area contributed by atoms with Gasteiger partial charge in [0.15, 0.2) is 0 Å². The number of benzene rings is 2. The zero-order chi connectivity index (χ0) is 18.6. The maximum absolute atomic E-state index is 12.5. The Kier molecular flexibility index (Phi) is 4.84. The van der Waals surface area contributed by atoms with E-state index < -0.39 is 0 Å². The molecule has 0 bridgehead atoms. The van der Waals surface area contributed by atoms with E-state index in [1.165, 1.54) is 11.3 Å². The summed E-state index contributed by atoms with van der Waals surface area (Å²) in [5.74, 6) is -0.256. The molecule has 1 aromatic heterocycles. The first kappa shape index (κ1) is 17.2. The average molecular weight is 378 g/mol. The molecule has 3 amide bonds. The van der Waals surface area contributed by atoms with Gasteiger partial charge in [0.05, 0.1) is 5.01 Å². The van der Waals surface area contributed by atoms with Gasteiger partial charge in [0.25, 0.3) is 5.91 Å². The summed E-state index contributed by atoms with van der Waals surface area (Å²) >= 11 is 1.47. The van der Waals surface area contributed by atoms with E-state index in [0.29, 0.717) is 30.9 Å². The number of nitrogens with one attached hydrogen (secondary N) is 2. The van der Waals surface area contributed by atoms with Gasteiger partial charge < -0.3 is 10.6 Å². The van der Waals surface area contributed by atoms with Crippen LogP contribution >= 0.6 is 11.3 Å². The molecule has 3 aromatic rings. The van der Waals surface area contributed by atoms with E-state index >= 15 is 0 Å². The van der Waals surface area contributed by atoms with Crippen molar-refractivity contribution in [1.29, 1.82) is 0 Å². The summed E-state index contributed by atoms with van der Waals surface area (Å²) in [5, 5.41) is 8.30. The second-order valence-electron chi connectivity index (χ2n) is 6.18. The highest BCUT2D eigenvalue weighted by Gasteiger charge is 2.21. The fourth-order valence-electron chi connectivity index (χ4n) is 2.93. The summed E-state index contributed by atoms with van der Waals surface area (Å²) in [5.41, 5.74) is 2.95. The van der Waals surface area contributed by atoms with Gasteiger partial charge in [-0.25, -0.2) is 9.78 Å². The highest BCUT2D eigenvalue weighted by atomic mass is 32.1. The predicted octanol–water partition coefficient (Wildman–Crippen LogP) is 3.52. The van der Waals surface area contributed by atoms with E-state index in [-0.39, 0.29) is 11.9 Å². The molecule has 7 heteroatoms. The van der Waals surface area contributed by atoms with E-state index in [1.807, 2.05) is 42.5 Å². The van der Waals surface area contributed by atoms with Gasteiger partial charge in [-0.15, -0.1) is 11.3 Å². The molecule has 4 rings (SSSR count). The van der Waals surface area contributed by atoms with Crippen LogP contribution in [0.3, 0.4) is 0 Å². The van der Waals surface area contributed by atoms with Crippen molar-refractivity contribution >= 4 is 34.6 Å². The summed E-state index contributed by atoms with van der Waals surface area (Å²) in [6.45, 7) is 1.24. The maximum Gasteiger partial charge on any atom is 0.321 e. The fourth-order valence-corrected chi connectivity index (χ4v) is 3.74. The standard InChI is InChI=1S/C20H18N4O2S/c25-19(17-13-27-18(23-17)11-14-5-2-1-3-6-14)22-15-7-4-8-16(12-15)24-10-9-21-20(24)26/h1-8,12-13H,9-11H2,(H,21,26)(H,22,25). The number of anilines is 2. The van der Waals surface area contributed by atoms with E-state index in [4.69, 9.17) is 0 Å². The molecule has 0 atom stereocenters. The minimum atomic E-state index is -0.256. The number of hydrogen-bond acceptors (Lipinski definition) is 4. The highest BCUT2D eigenvalue weighted by Crippen LogP contribution is 2.22. The zero-order valence-electron chi connectivity index (χ0n) is 14.5. The molecule has 2 aromatic carbocycles. The van der Waals surface area contributed by atoms with Crippen molar-refractivity contribution in [3.8, 4) is 0 Å². The second-order valence-corrected chi connectivity index (χ2v) is 7.12. The number of carbonyl (C=O) groups is 2. The Morgan fingerprint density at radius 1 is 1.19 bits per heavy atom. The third-order valence-corrected chi connectivity index (χ3v) is 5.10. The van der Waals surface area contributed by atoms with Crippen LogP contribution in [0.1, 0.15) is 21.1 Å². The molecule has 6 nitrogen and oxygen atoms in total. The molecule has 0 aliphatic carbocycles. The van der Waals surface area contributed by atoms with Crippen molar-refractivity contribution < 1.29 is 9.59 Å². The highest BCUT2D eigenvalue weighted by molar-refractivity contribution is 7.09. The van der Waals surface area contributed by atoms with Crippen LogP contribution in [0.4, 0.5) is 16.2 Å². The van der Waals surface area contributed by atoms with Crippen LogP contribution in [-0.4, -0.2) is 30.0 Å². The Morgan fingerprint density at radius 2 is 2.04 bits per heavy atom. The number of aromatic nitrogens is 1. The first-order chi connectivity index (χ1) is 13.2. The van der Waals surface area contributed by atoms with Crippen molar-refractivity contribution in [2.75, 3.05) is 23.3 Å². The lowest BCUT2D eigenvalue weighted by molar-refractivity contribution is 0.102. The Balaban J connectivity index is 1.44. The summed E-state index contributed by atoms with van der Waals surface area (Å²) < 4.78 is 0. The molecule has 1 saturated heterocycles. The van der Waals surface area contributed by atoms with Crippen LogP contribution in [0, 0.1) is 0 Å². The molecule has 27 heavy (non-hydrogen) atoms. The normalized spacial score (nSPS) is 13.5. The summed E-state index contributed by atoms with van der Waals surface area (Å²) in [4.78, 5) is 30.4. The first-order valence-corrected chi connectivity index (χ1v) is 9.52. The Morgan fingerprint density at radius 3 is 2.81 bits per heavy atom. The molecule has 1 aliphatic rings. The number of nitrogens with zero attached hydrogens (tertiary/aromatic N) is 2. The van der Waals surface area contributed by atoms with Crippen LogP contribution in [0.25, 0.3) is 0 Å². The summed E-state index contributed by atoms with van der Waals surface area (Å²) in [6, 6.07) is 17.2. The topological polar surface area (TPSA) is 74.3 Å². The molecule has 0 spiro atoms. The van der Waals surface area contributed by atoms with Crippen molar-refractivity contribution in [1.82, 2.24) is 10.3 Å². The SMILES string of the molecule is O=C(Nc1cccc(N2CCNC2=O)c1)c1csc(Cc2ccccc2)n1. The van der Waals surface area contributed by atoms with Gasteiger partial charge in [-0.05, 0) is 23.8 Å². The molecule has 2 N–H and O–H groups in total. The fraction of sp³-hybridized carbons (Fsp3) is 0.150. The number of hydrogen-bond donors (Lipinski definition) is 2. The number of rotatable bonds is 5. The van der Waals surface area contributed by atoms with Gasteiger partial charge in [0.2, 0.25) is 0 Å². The van der Waals surface area contributed by atoms with Crippen LogP contribution < -0.4 is 15.5 Å².